The Morgan fingerprint density at radius 3 is 2.39 bits per heavy atom. The van der Waals surface area contributed by atoms with Crippen LogP contribution < -0.4 is 16.0 Å². The summed E-state index contributed by atoms with van der Waals surface area (Å²) >= 11 is 5.30. The first-order chi connectivity index (χ1) is 16.0. The number of H-pyrrole nitrogens is 1. The van der Waals surface area contributed by atoms with Crippen molar-refractivity contribution in [3.8, 4) is 11.4 Å². The van der Waals surface area contributed by atoms with E-state index in [0.29, 0.717) is 27.7 Å². The van der Waals surface area contributed by atoms with Gasteiger partial charge in [0.15, 0.2) is 10.6 Å². The van der Waals surface area contributed by atoms with Gasteiger partial charge in [0.25, 0.3) is 0 Å². The molecule has 0 saturated carbocycles. The number of aryl methyl sites for hydroxylation is 1. The summed E-state index contributed by atoms with van der Waals surface area (Å²) in [6, 6.07) is 17.8. The van der Waals surface area contributed by atoms with Gasteiger partial charge in [-0.25, -0.2) is 4.79 Å². The molecule has 0 spiro atoms. The molecule has 3 amide bonds. The standard InChI is InChI=1S/C23H22N6O3S/c1-15-4-6-16(7-5-15)21-27-28-23(33)29(21)14-20(30)25-17-8-10-18(11-9-17)26-22(31)24-13-19-3-2-12-32-19/h2-12H,13-14H2,1H3,(H,25,30)(H,28,33)(H2,24,26,31). The van der Waals surface area contributed by atoms with Gasteiger partial charge in [-0.1, -0.05) is 29.8 Å². The van der Waals surface area contributed by atoms with Crippen molar-refractivity contribution in [1.82, 2.24) is 20.1 Å². The van der Waals surface area contributed by atoms with Crippen molar-refractivity contribution in [3.05, 3.63) is 83.0 Å². The number of anilines is 2. The SMILES string of the molecule is Cc1ccc(-c2n[nH]c(=S)n2CC(=O)Nc2ccc(NC(=O)NCc3ccco3)cc2)cc1. The highest BCUT2D eigenvalue weighted by Gasteiger charge is 2.13. The van der Waals surface area contributed by atoms with E-state index in [1.54, 1.807) is 47.2 Å². The number of aromatic amines is 1. The van der Waals surface area contributed by atoms with Crippen LogP contribution in [0.1, 0.15) is 11.3 Å². The van der Waals surface area contributed by atoms with E-state index in [4.69, 9.17) is 16.6 Å². The van der Waals surface area contributed by atoms with E-state index in [0.717, 1.165) is 11.1 Å². The summed E-state index contributed by atoms with van der Waals surface area (Å²) in [4.78, 5) is 24.6. The molecule has 2 aromatic carbocycles. The fraction of sp³-hybridized carbons (Fsp3) is 0.130. The molecule has 10 heteroatoms. The highest BCUT2D eigenvalue weighted by molar-refractivity contribution is 7.71. The lowest BCUT2D eigenvalue weighted by Crippen LogP contribution is -2.28. The molecule has 2 heterocycles. The van der Waals surface area contributed by atoms with E-state index in [2.05, 4.69) is 26.1 Å². The van der Waals surface area contributed by atoms with Crippen LogP contribution in [0.3, 0.4) is 0 Å². The zero-order valence-electron chi connectivity index (χ0n) is 17.8. The minimum absolute atomic E-state index is 0.00767. The predicted molar refractivity (Wildman–Crippen MR) is 127 cm³/mol. The van der Waals surface area contributed by atoms with Crippen LogP contribution in [0.25, 0.3) is 11.4 Å². The average Bonchev–Trinajstić information content (AvgIpc) is 3.45. The number of hydrogen-bond donors (Lipinski definition) is 4. The monoisotopic (exact) mass is 462 g/mol. The van der Waals surface area contributed by atoms with E-state index < -0.39 is 0 Å². The van der Waals surface area contributed by atoms with Gasteiger partial charge >= 0.3 is 6.03 Å². The molecule has 0 radical (unpaired) electrons. The fourth-order valence-corrected chi connectivity index (χ4v) is 3.32. The predicted octanol–water partition coefficient (Wildman–Crippen LogP) is 4.47. The molecule has 2 aromatic heterocycles. The van der Waals surface area contributed by atoms with Gasteiger partial charge in [0, 0.05) is 16.9 Å². The van der Waals surface area contributed by atoms with E-state index in [1.807, 2.05) is 31.2 Å². The Kier molecular flexibility index (Phi) is 6.65. The Bertz CT molecular complexity index is 1290. The normalized spacial score (nSPS) is 10.6. The van der Waals surface area contributed by atoms with Crippen LogP contribution in [-0.4, -0.2) is 26.7 Å². The van der Waals surface area contributed by atoms with Gasteiger partial charge in [0.1, 0.15) is 12.3 Å². The van der Waals surface area contributed by atoms with Crippen molar-refractivity contribution in [2.24, 2.45) is 0 Å². The van der Waals surface area contributed by atoms with E-state index in [9.17, 15) is 9.59 Å². The average molecular weight is 463 g/mol. The maximum Gasteiger partial charge on any atom is 0.319 e. The minimum Gasteiger partial charge on any atom is -0.467 e. The summed E-state index contributed by atoms with van der Waals surface area (Å²) in [6.07, 6.45) is 1.55. The van der Waals surface area contributed by atoms with Crippen LogP contribution in [0.15, 0.2) is 71.3 Å². The lowest BCUT2D eigenvalue weighted by Gasteiger charge is -2.10. The van der Waals surface area contributed by atoms with Crippen LogP contribution in [-0.2, 0) is 17.9 Å². The molecule has 0 bridgehead atoms. The van der Waals surface area contributed by atoms with Gasteiger partial charge in [-0.15, -0.1) is 0 Å². The number of benzene rings is 2. The fourth-order valence-electron chi connectivity index (χ4n) is 3.12. The number of urea groups is 1. The van der Waals surface area contributed by atoms with E-state index in [1.165, 1.54) is 0 Å². The molecule has 0 aliphatic carbocycles. The second-order valence-corrected chi connectivity index (χ2v) is 7.70. The molecule has 4 aromatic rings. The molecule has 9 nitrogen and oxygen atoms in total. The molecular weight excluding hydrogens is 440 g/mol. The second kappa shape index (κ2) is 9.96. The molecule has 0 saturated heterocycles. The Morgan fingerprint density at radius 1 is 1.03 bits per heavy atom. The Labute approximate surface area is 194 Å². The molecule has 168 valence electrons. The van der Waals surface area contributed by atoms with Crippen molar-refractivity contribution < 1.29 is 14.0 Å². The van der Waals surface area contributed by atoms with Crippen molar-refractivity contribution in [3.63, 3.8) is 0 Å². The van der Waals surface area contributed by atoms with E-state index >= 15 is 0 Å². The first kappa shape index (κ1) is 22.0. The number of nitrogens with one attached hydrogen (secondary N) is 4. The number of amides is 3. The van der Waals surface area contributed by atoms with Crippen molar-refractivity contribution in [2.75, 3.05) is 10.6 Å². The molecule has 0 unspecified atom stereocenters. The largest absolute Gasteiger partial charge is 0.467 e. The Balaban J connectivity index is 1.34. The number of rotatable bonds is 7. The third-order valence-corrected chi connectivity index (χ3v) is 5.11. The summed E-state index contributed by atoms with van der Waals surface area (Å²) in [7, 11) is 0. The van der Waals surface area contributed by atoms with Gasteiger partial charge in [-0.05, 0) is 55.5 Å². The molecule has 0 aliphatic rings. The summed E-state index contributed by atoms with van der Waals surface area (Å²) in [5.74, 6) is 1.000. The van der Waals surface area contributed by atoms with Crippen molar-refractivity contribution >= 4 is 35.5 Å². The van der Waals surface area contributed by atoms with Gasteiger partial charge in [-0.2, -0.15) is 5.10 Å². The highest BCUT2D eigenvalue weighted by atomic mass is 32.1. The van der Waals surface area contributed by atoms with Gasteiger partial charge in [0.2, 0.25) is 5.91 Å². The van der Waals surface area contributed by atoms with Crippen molar-refractivity contribution in [1.29, 1.82) is 0 Å². The quantitative estimate of drug-likeness (QED) is 0.302. The second-order valence-electron chi connectivity index (χ2n) is 7.32. The minimum atomic E-state index is -0.360. The Hall–Kier alpha value is -4.18. The summed E-state index contributed by atoms with van der Waals surface area (Å²) in [5, 5.41) is 15.3. The summed E-state index contributed by atoms with van der Waals surface area (Å²) in [6.45, 7) is 2.30. The first-order valence-electron chi connectivity index (χ1n) is 10.2. The van der Waals surface area contributed by atoms with Crippen LogP contribution in [0.2, 0.25) is 0 Å². The lowest BCUT2D eigenvalue weighted by molar-refractivity contribution is -0.116. The number of carbonyl (C=O) groups excluding carboxylic acids is 2. The Morgan fingerprint density at radius 2 is 1.73 bits per heavy atom. The summed E-state index contributed by atoms with van der Waals surface area (Å²) in [5.41, 5.74) is 3.17. The van der Waals surface area contributed by atoms with Gasteiger partial charge in [-0.3, -0.25) is 14.5 Å². The van der Waals surface area contributed by atoms with Crippen LogP contribution in [0.5, 0.6) is 0 Å². The summed E-state index contributed by atoms with van der Waals surface area (Å²) < 4.78 is 7.18. The highest BCUT2D eigenvalue weighted by Crippen LogP contribution is 2.19. The smallest absolute Gasteiger partial charge is 0.319 e. The molecule has 0 atom stereocenters. The molecule has 33 heavy (non-hydrogen) atoms. The van der Waals surface area contributed by atoms with Crippen LogP contribution in [0.4, 0.5) is 16.2 Å². The maximum atomic E-state index is 12.6. The van der Waals surface area contributed by atoms with Crippen LogP contribution >= 0.6 is 12.2 Å². The molecule has 0 fully saturated rings. The number of furan rings is 1. The number of aromatic nitrogens is 3. The number of hydrogen-bond acceptors (Lipinski definition) is 5. The molecular formula is C23H22N6O3S. The van der Waals surface area contributed by atoms with Gasteiger partial charge in [0.05, 0.1) is 12.8 Å². The van der Waals surface area contributed by atoms with Crippen molar-refractivity contribution in [2.45, 2.75) is 20.0 Å². The maximum absolute atomic E-state index is 12.6. The molecule has 0 aliphatic heterocycles. The lowest BCUT2D eigenvalue weighted by atomic mass is 10.1. The van der Waals surface area contributed by atoms with Crippen LogP contribution in [0, 0.1) is 11.7 Å². The molecule has 4 N–H and O–H groups in total. The number of carbonyl (C=O) groups is 2. The zero-order chi connectivity index (χ0) is 23.2. The third-order valence-electron chi connectivity index (χ3n) is 4.80. The number of nitrogens with zero attached hydrogens (tertiary/aromatic N) is 2. The zero-order valence-corrected chi connectivity index (χ0v) is 18.6. The topological polar surface area (TPSA) is 117 Å². The third kappa shape index (κ3) is 5.74. The first-order valence-corrected chi connectivity index (χ1v) is 10.6. The van der Waals surface area contributed by atoms with E-state index in [-0.39, 0.29) is 25.0 Å². The van der Waals surface area contributed by atoms with Gasteiger partial charge < -0.3 is 20.4 Å². The molecule has 4 rings (SSSR count).